The number of nitrogens with zero attached hydrogens (tertiary/aromatic N) is 1. The minimum atomic E-state index is -0.0895. The number of carbonyl (C=O) groups excluding carboxylic acids is 1. The quantitative estimate of drug-likeness (QED) is 0.571. The Morgan fingerprint density at radius 2 is 1.82 bits per heavy atom. The number of aliphatic imine (C=N–C) groups is 1. The van der Waals surface area contributed by atoms with Crippen molar-refractivity contribution < 1.29 is 9.53 Å². The number of ketones is 1. The summed E-state index contributed by atoms with van der Waals surface area (Å²) in [7, 11) is 1.64. The topological polar surface area (TPSA) is 38.7 Å². The van der Waals surface area contributed by atoms with Crippen LogP contribution in [0.3, 0.4) is 0 Å². The highest BCUT2D eigenvalue weighted by Crippen LogP contribution is 2.16. The molecule has 0 heterocycles. The van der Waals surface area contributed by atoms with Gasteiger partial charge in [0.15, 0.2) is 5.78 Å². The second-order valence-corrected chi connectivity index (χ2v) is 5.07. The minimum absolute atomic E-state index is 0.0895. The molecule has 3 heteroatoms. The molecule has 2 aromatic carbocycles. The van der Waals surface area contributed by atoms with E-state index in [1.165, 1.54) is 0 Å². The van der Waals surface area contributed by atoms with Crippen LogP contribution in [0.25, 0.3) is 0 Å². The van der Waals surface area contributed by atoms with Crippen molar-refractivity contribution in [3.8, 4) is 5.75 Å². The Hall–Kier alpha value is -2.42. The van der Waals surface area contributed by atoms with Crippen molar-refractivity contribution in [2.75, 3.05) is 13.7 Å². The summed E-state index contributed by atoms with van der Waals surface area (Å²) < 4.78 is 5.29. The first-order valence-corrected chi connectivity index (χ1v) is 7.48. The molecular formula is C19H21NO2. The van der Waals surface area contributed by atoms with Crippen LogP contribution in [-0.4, -0.2) is 25.7 Å². The standard InChI is InChI=1S/C19H21NO2/c1-3-15(19(21)16-9-5-4-6-10-16)13-20-14-17-11-7-8-12-18(17)22-2/h4-12,14-15H,3,13H2,1-2H3. The molecule has 0 saturated carbocycles. The van der Waals surface area contributed by atoms with Gasteiger partial charge in [0.25, 0.3) is 0 Å². The normalized spacial score (nSPS) is 12.3. The highest BCUT2D eigenvalue weighted by Gasteiger charge is 2.17. The van der Waals surface area contributed by atoms with Gasteiger partial charge in [0.2, 0.25) is 0 Å². The van der Waals surface area contributed by atoms with E-state index >= 15 is 0 Å². The van der Waals surface area contributed by atoms with Crippen molar-refractivity contribution in [2.45, 2.75) is 13.3 Å². The Bertz CT molecular complexity index is 635. The molecule has 0 aliphatic carbocycles. The van der Waals surface area contributed by atoms with E-state index in [4.69, 9.17) is 4.74 Å². The van der Waals surface area contributed by atoms with Crippen LogP contribution in [0.1, 0.15) is 29.3 Å². The lowest BCUT2D eigenvalue weighted by Gasteiger charge is -2.11. The molecule has 0 aliphatic rings. The Kier molecular flexibility index (Phi) is 5.90. The lowest BCUT2D eigenvalue weighted by atomic mass is 9.95. The third-order valence-corrected chi connectivity index (χ3v) is 3.62. The van der Waals surface area contributed by atoms with E-state index in [0.717, 1.165) is 23.3 Å². The van der Waals surface area contributed by atoms with Crippen LogP contribution >= 0.6 is 0 Å². The molecule has 0 amide bonds. The zero-order valence-corrected chi connectivity index (χ0v) is 13.0. The number of Topliss-reactive ketones (excluding diaryl/α,β-unsaturated/α-hetero) is 1. The van der Waals surface area contributed by atoms with Gasteiger partial charge in [0.05, 0.1) is 7.11 Å². The van der Waals surface area contributed by atoms with Crippen molar-refractivity contribution in [3.63, 3.8) is 0 Å². The largest absolute Gasteiger partial charge is 0.496 e. The van der Waals surface area contributed by atoms with Gasteiger partial charge in [0.1, 0.15) is 5.75 Å². The van der Waals surface area contributed by atoms with E-state index in [1.54, 1.807) is 13.3 Å². The van der Waals surface area contributed by atoms with Gasteiger partial charge in [-0.2, -0.15) is 0 Å². The lowest BCUT2D eigenvalue weighted by molar-refractivity contribution is 0.0921. The molecule has 0 aliphatic heterocycles. The van der Waals surface area contributed by atoms with E-state index in [1.807, 2.05) is 61.5 Å². The van der Waals surface area contributed by atoms with E-state index in [2.05, 4.69) is 4.99 Å². The fourth-order valence-electron chi connectivity index (χ4n) is 2.29. The SMILES string of the molecule is CCC(CN=Cc1ccccc1OC)C(=O)c1ccccc1. The van der Waals surface area contributed by atoms with Crippen molar-refractivity contribution in [1.82, 2.24) is 0 Å². The summed E-state index contributed by atoms with van der Waals surface area (Å²) in [6, 6.07) is 17.1. The Labute approximate surface area is 131 Å². The summed E-state index contributed by atoms with van der Waals surface area (Å²) in [4.78, 5) is 16.9. The van der Waals surface area contributed by atoms with Crippen molar-refractivity contribution in [2.24, 2.45) is 10.9 Å². The van der Waals surface area contributed by atoms with Gasteiger partial charge in [0, 0.05) is 29.8 Å². The smallest absolute Gasteiger partial charge is 0.167 e. The molecule has 0 N–H and O–H groups in total. The van der Waals surface area contributed by atoms with Crippen LogP contribution < -0.4 is 4.74 Å². The number of hydrogen-bond donors (Lipinski definition) is 0. The lowest BCUT2D eigenvalue weighted by Crippen LogP contribution is -2.17. The predicted molar refractivity (Wildman–Crippen MR) is 90.0 cm³/mol. The van der Waals surface area contributed by atoms with E-state index in [-0.39, 0.29) is 11.7 Å². The molecule has 0 radical (unpaired) electrons. The van der Waals surface area contributed by atoms with Gasteiger partial charge in [-0.25, -0.2) is 0 Å². The van der Waals surface area contributed by atoms with Crippen molar-refractivity contribution in [3.05, 3.63) is 65.7 Å². The molecule has 0 bridgehead atoms. The average Bonchev–Trinajstić information content (AvgIpc) is 2.59. The third kappa shape index (κ3) is 4.04. The van der Waals surface area contributed by atoms with Crippen molar-refractivity contribution >= 4 is 12.0 Å². The molecule has 2 aromatic rings. The van der Waals surface area contributed by atoms with Gasteiger partial charge < -0.3 is 4.74 Å². The summed E-state index contributed by atoms with van der Waals surface area (Å²) in [6.45, 7) is 2.51. The molecule has 0 saturated heterocycles. The summed E-state index contributed by atoms with van der Waals surface area (Å²) in [5.74, 6) is 0.849. The maximum Gasteiger partial charge on any atom is 0.167 e. The highest BCUT2D eigenvalue weighted by molar-refractivity contribution is 5.98. The number of benzene rings is 2. The fraction of sp³-hybridized carbons (Fsp3) is 0.263. The van der Waals surface area contributed by atoms with Crippen LogP contribution in [-0.2, 0) is 0 Å². The van der Waals surface area contributed by atoms with E-state index < -0.39 is 0 Å². The molecule has 2 rings (SSSR count). The number of carbonyl (C=O) groups is 1. The Balaban J connectivity index is 2.05. The summed E-state index contributed by atoms with van der Waals surface area (Å²) in [5.41, 5.74) is 1.67. The molecule has 3 nitrogen and oxygen atoms in total. The van der Waals surface area contributed by atoms with E-state index in [0.29, 0.717) is 6.54 Å². The minimum Gasteiger partial charge on any atom is -0.496 e. The molecule has 0 aromatic heterocycles. The highest BCUT2D eigenvalue weighted by atomic mass is 16.5. The molecular weight excluding hydrogens is 274 g/mol. The maximum atomic E-state index is 12.4. The van der Waals surface area contributed by atoms with Gasteiger partial charge in [-0.3, -0.25) is 9.79 Å². The third-order valence-electron chi connectivity index (χ3n) is 3.62. The van der Waals surface area contributed by atoms with Crippen LogP contribution in [0.2, 0.25) is 0 Å². The predicted octanol–water partition coefficient (Wildman–Crippen LogP) is 4.02. The molecule has 22 heavy (non-hydrogen) atoms. The van der Waals surface area contributed by atoms with Crippen LogP contribution in [0.4, 0.5) is 0 Å². The Morgan fingerprint density at radius 3 is 2.50 bits per heavy atom. The second kappa shape index (κ2) is 8.13. The Morgan fingerprint density at radius 1 is 1.14 bits per heavy atom. The molecule has 1 unspecified atom stereocenters. The fourth-order valence-corrected chi connectivity index (χ4v) is 2.29. The molecule has 0 fully saturated rings. The number of ether oxygens (including phenoxy) is 1. The first kappa shape index (κ1) is 16.0. The average molecular weight is 295 g/mol. The van der Waals surface area contributed by atoms with Crippen LogP contribution in [0, 0.1) is 5.92 Å². The van der Waals surface area contributed by atoms with Gasteiger partial charge in [-0.05, 0) is 18.6 Å². The number of hydrogen-bond acceptors (Lipinski definition) is 3. The van der Waals surface area contributed by atoms with Gasteiger partial charge >= 0.3 is 0 Å². The van der Waals surface area contributed by atoms with Crippen molar-refractivity contribution in [1.29, 1.82) is 0 Å². The monoisotopic (exact) mass is 295 g/mol. The summed E-state index contributed by atoms with van der Waals surface area (Å²) in [6.07, 6.45) is 2.55. The summed E-state index contributed by atoms with van der Waals surface area (Å²) >= 11 is 0. The first-order chi connectivity index (χ1) is 10.8. The first-order valence-electron chi connectivity index (χ1n) is 7.48. The zero-order chi connectivity index (χ0) is 15.8. The van der Waals surface area contributed by atoms with E-state index in [9.17, 15) is 4.79 Å². The zero-order valence-electron chi connectivity index (χ0n) is 13.0. The summed E-state index contributed by atoms with van der Waals surface area (Å²) in [5, 5.41) is 0. The second-order valence-electron chi connectivity index (χ2n) is 5.07. The molecule has 114 valence electrons. The number of para-hydroxylation sites is 1. The maximum absolute atomic E-state index is 12.4. The van der Waals surface area contributed by atoms with Crippen LogP contribution in [0.5, 0.6) is 5.75 Å². The number of methoxy groups -OCH3 is 1. The molecule has 0 spiro atoms. The number of rotatable bonds is 7. The van der Waals surface area contributed by atoms with Gasteiger partial charge in [-0.15, -0.1) is 0 Å². The molecule has 1 atom stereocenters. The van der Waals surface area contributed by atoms with Gasteiger partial charge in [-0.1, -0.05) is 49.4 Å². The van der Waals surface area contributed by atoms with Crippen LogP contribution in [0.15, 0.2) is 59.6 Å².